The molecule has 0 aliphatic rings. The highest BCUT2D eigenvalue weighted by atomic mass is 35.5. The van der Waals surface area contributed by atoms with E-state index in [1.54, 1.807) is 37.4 Å². The van der Waals surface area contributed by atoms with Crippen molar-refractivity contribution in [3.05, 3.63) is 86.9 Å². The summed E-state index contributed by atoms with van der Waals surface area (Å²) in [5, 5.41) is 7.37. The molecular weight excluding hydrogens is 489 g/mol. The number of amides is 2. The number of anilines is 1. The molecule has 7 nitrogen and oxygen atoms in total. The molecule has 0 atom stereocenters. The van der Waals surface area contributed by atoms with Gasteiger partial charge in [-0.25, -0.2) is 5.43 Å². The maximum Gasteiger partial charge on any atom is 0.329 e. The maximum atomic E-state index is 12.0. The van der Waals surface area contributed by atoms with Crippen molar-refractivity contribution in [3.8, 4) is 11.5 Å². The van der Waals surface area contributed by atoms with E-state index in [2.05, 4.69) is 15.8 Å². The Balaban J connectivity index is 1.61. The van der Waals surface area contributed by atoms with Gasteiger partial charge < -0.3 is 14.8 Å². The molecule has 0 spiro atoms. The highest BCUT2D eigenvalue weighted by Gasteiger charge is 2.13. The van der Waals surface area contributed by atoms with Gasteiger partial charge in [-0.2, -0.15) is 5.10 Å². The smallest absolute Gasteiger partial charge is 0.329 e. The maximum absolute atomic E-state index is 12.0. The first-order valence-electron chi connectivity index (χ1n) is 9.50. The van der Waals surface area contributed by atoms with Crippen molar-refractivity contribution < 1.29 is 19.1 Å². The summed E-state index contributed by atoms with van der Waals surface area (Å²) in [7, 11) is 1.55. The molecule has 3 aromatic carbocycles. The lowest BCUT2D eigenvalue weighted by molar-refractivity contribution is -0.136. The third-order valence-electron chi connectivity index (χ3n) is 4.23. The average molecular weight is 507 g/mol. The van der Waals surface area contributed by atoms with E-state index in [1.807, 2.05) is 12.1 Å². The molecule has 170 valence electrons. The number of para-hydroxylation sites is 1. The Morgan fingerprint density at radius 2 is 1.67 bits per heavy atom. The van der Waals surface area contributed by atoms with Crippen LogP contribution in [0.25, 0.3) is 0 Å². The molecule has 0 unspecified atom stereocenters. The molecule has 2 amide bonds. The highest BCUT2D eigenvalue weighted by molar-refractivity contribution is 6.40. The average Bonchev–Trinajstić information content (AvgIpc) is 2.78. The Morgan fingerprint density at radius 1 is 0.939 bits per heavy atom. The fraction of sp³-hybridized carbons (Fsp3) is 0.0870. The van der Waals surface area contributed by atoms with Gasteiger partial charge in [0.25, 0.3) is 0 Å². The number of hydrogen-bond donors (Lipinski definition) is 2. The first kappa shape index (κ1) is 24.4. The predicted octanol–water partition coefficient (Wildman–Crippen LogP) is 5.32. The summed E-state index contributed by atoms with van der Waals surface area (Å²) in [5.74, 6) is -0.727. The van der Waals surface area contributed by atoms with Gasteiger partial charge in [-0.3, -0.25) is 9.59 Å². The zero-order chi connectivity index (χ0) is 23.8. The first-order chi connectivity index (χ1) is 15.9. The van der Waals surface area contributed by atoms with Gasteiger partial charge in [0.1, 0.15) is 18.1 Å². The van der Waals surface area contributed by atoms with Crippen LogP contribution in [0.1, 0.15) is 11.1 Å². The van der Waals surface area contributed by atoms with Gasteiger partial charge in [0.15, 0.2) is 0 Å². The first-order valence-corrected chi connectivity index (χ1v) is 10.6. The molecule has 3 aromatic rings. The summed E-state index contributed by atoms with van der Waals surface area (Å²) in [5.41, 5.74) is 3.84. The summed E-state index contributed by atoms with van der Waals surface area (Å²) >= 11 is 17.9. The van der Waals surface area contributed by atoms with Crippen LogP contribution in [-0.2, 0) is 16.2 Å². The van der Waals surface area contributed by atoms with Gasteiger partial charge in [-0.15, -0.1) is 0 Å². The number of rotatable bonds is 7. The number of benzene rings is 3. The molecule has 2 N–H and O–H groups in total. The van der Waals surface area contributed by atoms with Crippen molar-refractivity contribution in [2.45, 2.75) is 6.61 Å². The monoisotopic (exact) mass is 505 g/mol. The lowest BCUT2D eigenvalue weighted by Crippen LogP contribution is -2.32. The Labute approximate surface area is 205 Å². The number of carbonyl (C=O) groups excluding carboxylic acids is 2. The van der Waals surface area contributed by atoms with Gasteiger partial charge in [0, 0.05) is 21.3 Å². The zero-order valence-electron chi connectivity index (χ0n) is 17.3. The molecule has 10 heteroatoms. The molecule has 0 aromatic heterocycles. The topological polar surface area (TPSA) is 89.0 Å². The summed E-state index contributed by atoms with van der Waals surface area (Å²) in [6.45, 7) is 0.200. The Morgan fingerprint density at radius 3 is 2.36 bits per heavy atom. The molecular formula is C23H18Cl3N3O4. The van der Waals surface area contributed by atoms with Crippen LogP contribution in [0, 0.1) is 0 Å². The van der Waals surface area contributed by atoms with Crippen molar-refractivity contribution in [1.82, 2.24) is 5.43 Å². The molecule has 3 rings (SSSR count). The molecule has 0 fully saturated rings. The predicted molar refractivity (Wildman–Crippen MR) is 130 cm³/mol. The van der Waals surface area contributed by atoms with Gasteiger partial charge in [0.05, 0.1) is 18.3 Å². The van der Waals surface area contributed by atoms with E-state index in [0.29, 0.717) is 32.1 Å². The largest absolute Gasteiger partial charge is 0.496 e. The summed E-state index contributed by atoms with van der Waals surface area (Å²) in [6, 6.07) is 16.8. The molecule has 0 saturated carbocycles. The SMILES string of the molecule is COc1ccc(C=NNC(=O)C(=O)Nc2cc(Cl)cc(Cl)c2)cc1COc1ccccc1Cl. The van der Waals surface area contributed by atoms with Crippen LogP contribution in [0.15, 0.2) is 65.8 Å². The number of methoxy groups -OCH3 is 1. The zero-order valence-corrected chi connectivity index (χ0v) is 19.5. The summed E-state index contributed by atoms with van der Waals surface area (Å²) < 4.78 is 11.1. The number of nitrogens with zero attached hydrogens (tertiary/aromatic N) is 1. The Kier molecular flexibility index (Phi) is 8.54. The molecule has 0 heterocycles. The van der Waals surface area contributed by atoms with Crippen molar-refractivity contribution >= 4 is 58.5 Å². The second-order valence-corrected chi connectivity index (χ2v) is 7.88. The Bertz CT molecular complexity index is 1180. The quantitative estimate of drug-likeness (QED) is 0.258. The fourth-order valence-corrected chi connectivity index (χ4v) is 3.46. The van der Waals surface area contributed by atoms with Crippen molar-refractivity contribution in [3.63, 3.8) is 0 Å². The minimum atomic E-state index is -0.960. The minimum absolute atomic E-state index is 0.200. The third kappa shape index (κ3) is 7.12. The molecule has 0 bridgehead atoms. The van der Waals surface area contributed by atoms with Crippen molar-refractivity contribution in [2.75, 3.05) is 12.4 Å². The second-order valence-electron chi connectivity index (χ2n) is 6.60. The second kappa shape index (κ2) is 11.6. The summed E-state index contributed by atoms with van der Waals surface area (Å²) in [4.78, 5) is 24.0. The lowest BCUT2D eigenvalue weighted by atomic mass is 10.1. The van der Waals surface area contributed by atoms with Crippen LogP contribution in [0.3, 0.4) is 0 Å². The number of hydrazone groups is 1. The van der Waals surface area contributed by atoms with E-state index in [-0.39, 0.29) is 12.3 Å². The van der Waals surface area contributed by atoms with Gasteiger partial charge in [-0.05, 0) is 54.1 Å². The third-order valence-corrected chi connectivity index (χ3v) is 4.98. The number of halogens is 3. The standard InChI is InChI=1S/C23H18Cl3N3O4/c1-32-20-7-6-14(8-15(20)13-33-21-5-3-2-4-19(21)26)12-27-29-23(31)22(30)28-18-10-16(24)9-17(25)11-18/h2-12H,13H2,1H3,(H,28,30)(H,29,31). The van der Waals surface area contributed by atoms with Gasteiger partial charge in [0.2, 0.25) is 0 Å². The minimum Gasteiger partial charge on any atom is -0.496 e. The Hall–Kier alpha value is -3.26. The van der Waals surface area contributed by atoms with Gasteiger partial charge >= 0.3 is 11.8 Å². The number of ether oxygens (including phenoxy) is 2. The number of hydrogen-bond acceptors (Lipinski definition) is 5. The van der Waals surface area contributed by atoms with E-state index in [1.165, 1.54) is 24.4 Å². The molecule has 33 heavy (non-hydrogen) atoms. The van der Waals surface area contributed by atoms with Crippen LogP contribution in [-0.4, -0.2) is 25.1 Å². The van der Waals surface area contributed by atoms with E-state index in [4.69, 9.17) is 44.3 Å². The van der Waals surface area contributed by atoms with Crippen LogP contribution < -0.4 is 20.2 Å². The number of nitrogens with one attached hydrogen (secondary N) is 2. The van der Waals surface area contributed by atoms with Crippen LogP contribution in [0.5, 0.6) is 11.5 Å². The fourth-order valence-electron chi connectivity index (χ4n) is 2.74. The van der Waals surface area contributed by atoms with Crippen molar-refractivity contribution in [2.24, 2.45) is 5.10 Å². The molecule has 0 aliphatic heterocycles. The summed E-state index contributed by atoms with van der Waals surface area (Å²) in [6.07, 6.45) is 1.39. The van der Waals surface area contributed by atoms with E-state index in [9.17, 15) is 9.59 Å². The highest BCUT2D eigenvalue weighted by Crippen LogP contribution is 2.26. The van der Waals surface area contributed by atoms with Crippen LogP contribution in [0.4, 0.5) is 5.69 Å². The van der Waals surface area contributed by atoms with Gasteiger partial charge in [-0.1, -0.05) is 46.9 Å². The number of carbonyl (C=O) groups is 2. The molecule has 0 radical (unpaired) electrons. The van der Waals surface area contributed by atoms with Crippen LogP contribution >= 0.6 is 34.8 Å². The van der Waals surface area contributed by atoms with E-state index < -0.39 is 11.8 Å². The van der Waals surface area contributed by atoms with Crippen molar-refractivity contribution in [1.29, 1.82) is 0 Å². The molecule has 0 saturated heterocycles. The van der Waals surface area contributed by atoms with E-state index in [0.717, 1.165) is 5.56 Å². The van der Waals surface area contributed by atoms with Crippen LogP contribution in [0.2, 0.25) is 15.1 Å². The lowest BCUT2D eigenvalue weighted by Gasteiger charge is -2.12. The van der Waals surface area contributed by atoms with E-state index >= 15 is 0 Å². The normalized spacial score (nSPS) is 10.7. The molecule has 0 aliphatic carbocycles.